The maximum absolute atomic E-state index is 12.1. The molecule has 0 saturated heterocycles. The number of carbonyl (C=O) groups is 1. The summed E-state index contributed by atoms with van der Waals surface area (Å²) in [5.74, 6) is 0.360. The lowest BCUT2D eigenvalue weighted by molar-refractivity contribution is 0.102. The predicted molar refractivity (Wildman–Crippen MR) is 69.9 cm³/mol. The molecule has 0 fully saturated rings. The number of nitrogens with zero attached hydrogens (tertiary/aromatic N) is 1. The quantitative estimate of drug-likeness (QED) is 0.900. The summed E-state index contributed by atoms with van der Waals surface area (Å²) in [5, 5.41) is 2.81. The van der Waals surface area contributed by atoms with Gasteiger partial charge in [-0.2, -0.15) is 0 Å². The third kappa shape index (κ3) is 2.66. The molecule has 4 nitrogen and oxygen atoms in total. The summed E-state index contributed by atoms with van der Waals surface area (Å²) < 4.78 is 5.15. The number of hydrogen-bond donors (Lipinski definition) is 1. The van der Waals surface area contributed by atoms with Gasteiger partial charge in [-0.15, -0.1) is 0 Å². The maximum Gasteiger partial charge on any atom is 0.259 e. The van der Waals surface area contributed by atoms with E-state index in [1.165, 1.54) is 0 Å². The van der Waals surface area contributed by atoms with Gasteiger partial charge in [0, 0.05) is 17.6 Å². The molecule has 0 unspecified atom stereocenters. The van der Waals surface area contributed by atoms with Crippen molar-refractivity contribution < 1.29 is 9.53 Å². The normalized spacial score (nSPS) is 9.89. The summed E-state index contributed by atoms with van der Waals surface area (Å²) >= 11 is 0. The molecule has 1 N–H and O–H groups in total. The number of methoxy groups -OCH3 is 1. The molecular weight excluding hydrogens is 228 g/mol. The first-order chi connectivity index (χ1) is 8.70. The van der Waals surface area contributed by atoms with E-state index in [1.54, 1.807) is 37.6 Å². The molecule has 1 amide bonds. The van der Waals surface area contributed by atoms with E-state index in [1.807, 2.05) is 19.1 Å². The van der Waals surface area contributed by atoms with Crippen LogP contribution >= 0.6 is 0 Å². The van der Waals surface area contributed by atoms with Crippen LogP contribution in [-0.4, -0.2) is 18.0 Å². The number of aryl methyl sites for hydroxylation is 1. The largest absolute Gasteiger partial charge is 0.496 e. The van der Waals surface area contributed by atoms with Gasteiger partial charge in [-0.3, -0.25) is 9.78 Å². The zero-order valence-corrected chi connectivity index (χ0v) is 10.3. The number of para-hydroxylation sites is 1. The maximum atomic E-state index is 12.1. The molecule has 0 spiro atoms. The third-order valence-electron chi connectivity index (χ3n) is 2.51. The molecule has 4 heteroatoms. The molecule has 0 aliphatic heterocycles. The molecule has 0 aliphatic rings. The van der Waals surface area contributed by atoms with Crippen LogP contribution in [0.5, 0.6) is 5.75 Å². The fraction of sp³-hybridized carbons (Fsp3) is 0.143. The first-order valence-electron chi connectivity index (χ1n) is 5.58. The number of aromatic nitrogens is 1. The fourth-order valence-electron chi connectivity index (χ4n) is 1.65. The highest BCUT2D eigenvalue weighted by molar-refractivity contribution is 6.06. The molecule has 0 aliphatic carbocycles. The van der Waals surface area contributed by atoms with E-state index in [0.717, 1.165) is 11.4 Å². The number of pyridine rings is 1. The zero-order valence-electron chi connectivity index (χ0n) is 10.3. The highest BCUT2D eigenvalue weighted by Gasteiger charge is 2.11. The SMILES string of the molecule is COc1ccccc1C(=O)Nc1ccnc(C)c1. The lowest BCUT2D eigenvalue weighted by Crippen LogP contribution is -2.13. The van der Waals surface area contributed by atoms with Crippen LogP contribution in [-0.2, 0) is 0 Å². The van der Waals surface area contributed by atoms with Gasteiger partial charge in [0.15, 0.2) is 0 Å². The summed E-state index contributed by atoms with van der Waals surface area (Å²) in [4.78, 5) is 16.2. The number of amides is 1. The summed E-state index contributed by atoms with van der Waals surface area (Å²) in [5.41, 5.74) is 2.08. The average Bonchev–Trinajstić information content (AvgIpc) is 2.38. The number of hydrogen-bond acceptors (Lipinski definition) is 3. The van der Waals surface area contributed by atoms with Crippen molar-refractivity contribution in [2.24, 2.45) is 0 Å². The molecule has 0 saturated carbocycles. The van der Waals surface area contributed by atoms with Crippen molar-refractivity contribution in [3.63, 3.8) is 0 Å². The van der Waals surface area contributed by atoms with Crippen molar-refractivity contribution in [3.05, 3.63) is 53.9 Å². The first kappa shape index (κ1) is 12.1. The van der Waals surface area contributed by atoms with E-state index in [0.29, 0.717) is 11.3 Å². The molecular formula is C14H14N2O2. The van der Waals surface area contributed by atoms with E-state index >= 15 is 0 Å². The number of rotatable bonds is 3. The lowest BCUT2D eigenvalue weighted by atomic mass is 10.2. The van der Waals surface area contributed by atoms with Crippen LogP contribution in [0.3, 0.4) is 0 Å². The van der Waals surface area contributed by atoms with Crippen LogP contribution in [0.4, 0.5) is 5.69 Å². The number of anilines is 1. The van der Waals surface area contributed by atoms with Crippen molar-refractivity contribution in [2.45, 2.75) is 6.92 Å². The predicted octanol–water partition coefficient (Wildman–Crippen LogP) is 2.65. The average molecular weight is 242 g/mol. The van der Waals surface area contributed by atoms with E-state index in [4.69, 9.17) is 4.74 Å². The highest BCUT2D eigenvalue weighted by atomic mass is 16.5. The van der Waals surface area contributed by atoms with Crippen LogP contribution in [0.2, 0.25) is 0 Å². The van der Waals surface area contributed by atoms with E-state index in [2.05, 4.69) is 10.3 Å². The zero-order chi connectivity index (χ0) is 13.0. The van der Waals surface area contributed by atoms with E-state index in [-0.39, 0.29) is 5.91 Å². The van der Waals surface area contributed by atoms with Crippen molar-refractivity contribution in [1.82, 2.24) is 4.98 Å². The van der Waals surface area contributed by atoms with Crippen LogP contribution in [0.25, 0.3) is 0 Å². The van der Waals surface area contributed by atoms with E-state index < -0.39 is 0 Å². The summed E-state index contributed by atoms with van der Waals surface area (Å²) in [6, 6.07) is 10.7. The Balaban J connectivity index is 2.22. The van der Waals surface area contributed by atoms with Gasteiger partial charge in [0.05, 0.1) is 12.7 Å². The third-order valence-corrected chi connectivity index (χ3v) is 2.51. The Kier molecular flexibility index (Phi) is 3.57. The molecule has 92 valence electrons. The second kappa shape index (κ2) is 5.31. The van der Waals surface area contributed by atoms with Gasteiger partial charge in [-0.05, 0) is 31.2 Å². The highest BCUT2D eigenvalue weighted by Crippen LogP contribution is 2.19. The Hall–Kier alpha value is -2.36. The van der Waals surface area contributed by atoms with Crippen LogP contribution in [0, 0.1) is 6.92 Å². The standard InChI is InChI=1S/C14H14N2O2/c1-10-9-11(7-8-15-10)16-14(17)12-5-3-4-6-13(12)18-2/h3-9H,1-2H3,(H,15,16,17). The van der Waals surface area contributed by atoms with Gasteiger partial charge in [-0.25, -0.2) is 0 Å². The molecule has 18 heavy (non-hydrogen) atoms. The van der Waals surface area contributed by atoms with Crippen LogP contribution in [0.15, 0.2) is 42.6 Å². The van der Waals surface area contributed by atoms with Crippen molar-refractivity contribution in [2.75, 3.05) is 12.4 Å². The number of carbonyl (C=O) groups excluding carboxylic acids is 1. The lowest BCUT2D eigenvalue weighted by Gasteiger charge is -2.09. The number of nitrogens with one attached hydrogen (secondary N) is 1. The fourth-order valence-corrected chi connectivity index (χ4v) is 1.65. The molecule has 0 atom stereocenters. The topological polar surface area (TPSA) is 51.2 Å². The minimum absolute atomic E-state index is 0.196. The number of benzene rings is 1. The van der Waals surface area contributed by atoms with Gasteiger partial charge in [-0.1, -0.05) is 12.1 Å². The Morgan fingerprint density at radius 3 is 2.78 bits per heavy atom. The molecule has 1 heterocycles. The van der Waals surface area contributed by atoms with E-state index in [9.17, 15) is 4.79 Å². The minimum atomic E-state index is -0.196. The van der Waals surface area contributed by atoms with Crippen molar-refractivity contribution in [3.8, 4) is 5.75 Å². The summed E-state index contributed by atoms with van der Waals surface area (Å²) in [6.45, 7) is 1.87. The van der Waals surface area contributed by atoms with Gasteiger partial charge in [0.25, 0.3) is 5.91 Å². The number of ether oxygens (including phenoxy) is 1. The monoisotopic (exact) mass is 242 g/mol. The van der Waals surface area contributed by atoms with Crippen molar-refractivity contribution >= 4 is 11.6 Å². The first-order valence-corrected chi connectivity index (χ1v) is 5.58. The van der Waals surface area contributed by atoms with Crippen LogP contribution in [0.1, 0.15) is 16.1 Å². The molecule has 1 aromatic carbocycles. The van der Waals surface area contributed by atoms with Gasteiger partial charge < -0.3 is 10.1 Å². The Bertz CT molecular complexity index is 567. The second-order valence-corrected chi connectivity index (χ2v) is 3.84. The second-order valence-electron chi connectivity index (χ2n) is 3.84. The minimum Gasteiger partial charge on any atom is -0.496 e. The Morgan fingerprint density at radius 2 is 2.06 bits per heavy atom. The van der Waals surface area contributed by atoms with Gasteiger partial charge >= 0.3 is 0 Å². The molecule has 2 aromatic rings. The molecule has 1 aromatic heterocycles. The summed E-state index contributed by atoms with van der Waals surface area (Å²) in [7, 11) is 1.54. The van der Waals surface area contributed by atoms with Gasteiger partial charge in [0.2, 0.25) is 0 Å². The Morgan fingerprint density at radius 1 is 1.28 bits per heavy atom. The van der Waals surface area contributed by atoms with Crippen molar-refractivity contribution in [1.29, 1.82) is 0 Å². The molecule has 0 bridgehead atoms. The molecule has 2 rings (SSSR count). The summed E-state index contributed by atoms with van der Waals surface area (Å²) in [6.07, 6.45) is 1.66. The van der Waals surface area contributed by atoms with Crippen LogP contribution < -0.4 is 10.1 Å². The smallest absolute Gasteiger partial charge is 0.259 e. The van der Waals surface area contributed by atoms with Gasteiger partial charge in [0.1, 0.15) is 5.75 Å². The Labute approximate surface area is 106 Å². The molecule has 0 radical (unpaired) electrons.